The molecule has 16 heavy (non-hydrogen) atoms. The Kier molecular flexibility index (Phi) is 5.82. The minimum Gasteiger partial charge on any atom is -0.357 e. The third-order valence-electron chi connectivity index (χ3n) is 1.92. The average Bonchev–Trinajstić information content (AvgIpc) is 2.48. The van der Waals surface area contributed by atoms with Gasteiger partial charge in [0.2, 0.25) is 0 Å². The molecule has 0 aliphatic heterocycles. The van der Waals surface area contributed by atoms with Crippen molar-refractivity contribution < 1.29 is 4.74 Å². The second kappa shape index (κ2) is 6.41. The van der Waals surface area contributed by atoms with Crippen molar-refractivity contribution in [3.05, 3.63) is 19.2 Å². The van der Waals surface area contributed by atoms with Crippen molar-refractivity contribution in [1.29, 1.82) is 5.26 Å². The SMILES string of the molecule is CCOC(CCl)n1c(Br)c(Br)c(C#N)c1Br. The van der Waals surface area contributed by atoms with Gasteiger partial charge in [0, 0.05) is 6.61 Å². The maximum absolute atomic E-state index is 9.00. The molecule has 0 aromatic carbocycles. The summed E-state index contributed by atoms with van der Waals surface area (Å²) in [7, 11) is 0. The Bertz CT molecular complexity index is 427. The molecule has 88 valence electrons. The van der Waals surface area contributed by atoms with Crippen LogP contribution in [0.2, 0.25) is 0 Å². The van der Waals surface area contributed by atoms with Crippen molar-refractivity contribution in [3.8, 4) is 6.07 Å². The zero-order chi connectivity index (χ0) is 12.3. The van der Waals surface area contributed by atoms with Crippen LogP contribution in [0.15, 0.2) is 13.7 Å². The third-order valence-corrected chi connectivity index (χ3v) is 5.05. The van der Waals surface area contributed by atoms with Gasteiger partial charge < -0.3 is 4.74 Å². The smallest absolute Gasteiger partial charge is 0.148 e. The Morgan fingerprint density at radius 1 is 1.44 bits per heavy atom. The van der Waals surface area contributed by atoms with E-state index in [2.05, 4.69) is 53.9 Å². The molecule has 1 heterocycles. The van der Waals surface area contributed by atoms with Gasteiger partial charge in [0.25, 0.3) is 0 Å². The summed E-state index contributed by atoms with van der Waals surface area (Å²) in [5.74, 6) is 0.303. The van der Waals surface area contributed by atoms with Crippen molar-refractivity contribution in [2.75, 3.05) is 12.5 Å². The highest BCUT2D eigenvalue weighted by atomic mass is 79.9. The lowest BCUT2D eigenvalue weighted by molar-refractivity contribution is 0.0247. The maximum atomic E-state index is 9.00. The van der Waals surface area contributed by atoms with Crippen molar-refractivity contribution in [2.45, 2.75) is 13.2 Å². The molecule has 0 N–H and O–H groups in total. The van der Waals surface area contributed by atoms with E-state index in [1.807, 2.05) is 6.92 Å². The molecule has 1 aromatic heterocycles. The van der Waals surface area contributed by atoms with Crippen LogP contribution in [0.3, 0.4) is 0 Å². The zero-order valence-electron chi connectivity index (χ0n) is 8.31. The Morgan fingerprint density at radius 2 is 2.06 bits per heavy atom. The van der Waals surface area contributed by atoms with E-state index in [0.717, 1.165) is 4.60 Å². The van der Waals surface area contributed by atoms with Gasteiger partial charge in [0.1, 0.15) is 21.5 Å². The molecule has 0 bridgehead atoms. The monoisotopic (exact) mass is 432 g/mol. The van der Waals surface area contributed by atoms with Crippen LogP contribution in [-0.2, 0) is 4.74 Å². The van der Waals surface area contributed by atoms with Crippen LogP contribution < -0.4 is 0 Å². The van der Waals surface area contributed by atoms with E-state index in [1.165, 1.54) is 0 Å². The first-order chi connectivity index (χ1) is 7.58. The minimum absolute atomic E-state index is 0.303. The third kappa shape index (κ3) is 2.65. The number of halogens is 4. The molecule has 3 nitrogen and oxygen atoms in total. The van der Waals surface area contributed by atoms with Crippen LogP contribution in [0, 0.1) is 11.3 Å². The number of aromatic nitrogens is 1. The predicted molar refractivity (Wildman–Crippen MR) is 73.6 cm³/mol. The number of ether oxygens (including phenoxy) is 1. The lowest BCUT2D eigenvalue weighted by Gasteiger charge is -2.18. The summed E-state index contributed by atoms with van der Waals surface area (Å²) >= 11 is 16.0. The maximum Gasteiger partial charge on any atom is 0.148 e. The topological polar surface area (TPSA) is 38.0 Å². The molecule has 1 atom stereocenters. The standard InChI is InChI=1S/C9H8Br3ClN2O/c1-2-16-6(3-13)15-8(11)5(4-14)7(10)9(15)12/h6H,2-3H2,1H3. The lowest BCUT2D eigenvalue weighted by atomic mass is 10.4. The van der Waals surface area contributed by atoms with Gasteiger partial charge in [0.05, 0.1) is 15.9 Å². The Balaban J connectivity index is 3.28. The average molecular weight is 435 g/mol. The molecule has 0 radical (unpaired) electrons. The van der Waals surface area contributed by atoms with E-state index in [4.69, 9.17) is 21.6 Å². The molecule has 1 rings (SSSR count). The minimum atomic E-state index is -0.311. The van der Waals surface area contributed by atoms with Crippen LogP contribution in [-0.4, -0.2) is 17.1 Å². The molecular formula is C9H8Br3ClN2O. The van der Waals surface area contributed by atoms with Crippen molar-refractivity contribution in [3.63, 3.8) is 0 Å². The first kappa shape index (κ1) is 14.5. The van der Waals surface area contributed by atoms with Gasteiger partial charge in [-0.2, -0.15) is 5.26 Å². The number of alkyl halides is 1. The number of nitriles is 1. The van der Waals surface area contributed by atoms with E-state index in [0.29, 0.717) is 27.1 Å². The molecule has 0 saturated heterocycles. The van der Waals surface area contributed by atoms with E-state index >= 15 is 0 Å². The fourth-order valence-electron chi connectivity index (χ4n) is 1.23. The highest BCUT2D eigenvalue weighted by Crippen LogP contribution is 2.38. The fourth-order valence-corrected chi connectivity index (χ4v) is 3.73. The summed E-state index contributed by atoms with van der Waals surface area (Å²) in [6.45, 7) is 2.44. The second-order valence-corrected chi connectivity index (χ2v) is 5.42. The summed E-state index contributed by atoms with van der Waals surface area (Å²) in [5, 5.41) is 9.00. The first-order valence-electron chi connectivity index (χ1n) is 4.40. The highest BCUT2D eigenvalue weighted by Gasteiger charge is 2.23. The van der Waals surface area contributed by atoms with Crippen molar-refractivity contribution >= 4 is 59.4 Å². The fraction of sp³-hybridized carbons (Fsp3) is 0.444. The summed E-state index contributed by atoms with van der Waals surface area (Å²) in [5.41, 5.74) is 0.515. The summed E-state index contributed by atoms with van der Waals surface area (Å²) in [6.07, 6.45) is -0.311. The van der Waals surface area contributed by atoms with Crippen molar-refractivity contribution in [2.24, 2.45) is 0 Å². The summed E-state index contributed by atoms with van der Waals surface area (Å²) in [4.78, 5) is 0. The van der Waals surface area contributed by atoms with E-state index in [1.54, 1.807) is 4.57 Å². The molecule has 1 unspecified atom stereocenters. The van der Waals surface area contributed by atoms with E-state index < -0.39 is 0 Å². The quantitative estimate of drug-likeness (QED) is 0.657. The molecule has 0 fully saturated rings. The summed E-state index contributed by atoms with van der Waals surface area (Å²) < 4.78 is 9.35. The molecule has 1 aromatic rings. The zero-order valence-corrected chi connectivity index (χ0v) is 13.8. The van der Waals surface area contributed by atoms with Crippen LogP contribution in [0.25, 0.3) is 0 Å². The van der Waals surface area contributed by atoms with Crippen LogP contribution in [0.4, 0.5) is 0 Å². The van der Waals surface area contributed by atoms with Gasteiger partial charge in [-0.05, 0) is 54.7 Å². The van der Waals surface area contributed by atoms with Gasteiger partial charge in [-0.25, -0.2) is 0 Å². The van der Waals surface area contributed by atoms with Gasteiger partial charge in [-0.15, -0.1) is 11.6 Å². The first-order valence-corrected chi connectivity index (χ1v) is 7.32. The predicted octanol–water partition coefficient (Wildman–Crippen LogP) is 4.42. The molecule has 0 amide bonds. The van der Waals surface area contributed by atoms with E-state index in [9.17, 15) is 0 Å². The summed E-state index contributed by atoms with van der Waals surface area (Å²) in [6, 6.07) is 2.10. The molecular weight excluding hydrogens is 427 g/mol. The number of hydrogen-bond acceptors (Lipinski definition) is 2. The van der Waals surface area contributed by atoms with Gasteiger partial charge in [0.15, 0.2) is 0 Å². The number of nitrogens with zero attached hydrogens (tertiary/aromatic N) is 2. The van der Waals surface area contributed by atoms with Crippen molar-refractivity contribution in [1.82, 2.24) is 4.57 Å². The second-order valence-electron chi connectivity index (χ2n) is 2.82. The van der Waals surface area contributed by atoms with E-state index in [-0.39, 0.29) is 6.23 Å². The van der Waals surface area contributed by atoms with Gasteiger partial charge in [-0.1, -0.05) is 0 Å². The Labute approximate surface area is 124 Å². The highest BCUT2D eigenvalue weighted by molar-refractivity contribution is 9.13. The van der Waals surface area contributed by atoms with Crippen LogP contribution >= 0.6 is 59.4 Å². The number of hydrogen-bond donors (Lipinski definition) is 0. The van der Waals surface area contributed by atoms with Gasteiger partial charge in [-0.3, -0.25) is 4.57 Å². The van der Waals surface area contributed by atoms with Gasteiger partial charge >= 0.3 is 0 Å². The normalized spacial score (nSPS) is 12.5. The van der Waals surface area contributed by atoms with Crippen LogP contribution in [0.1, 0.15) is 18.7 Å². The number of rotatable bonds is 4. The molecule has 0 aliphatic carbocycles. The largest absolute Gasteiger partial charge is 0.357 e. The Morgan fingerprint density at radius 3 is 2.44 bits per heavy atom. The van der Waals surface area contributed by atoms with Crippen LogP contribution in [0.5, 0.6) is 0 Å². The molecule has 7 heteroatoms. The molecule has 0 aliphatic rings. The Hall–Kier alpha value is 0.460. The molecule has 0 spiro atoms. The molecule has 0 saturated carbocycles. The lowest BCUT2D eigenvalue weighted by Crippen LogP contribution is -2.15.